The lowest BCUT2D eigenvalue weighted by Crippen LogP contribution is -2.22. The zero-order valence-corrected chi connectivity index (χ0v) is 17.8. The van der Waals surface area contributed by atoms with Gasteiger partial charge in [0.1, 0.15) is 0 Å². The molecular weight excluding hydrogens is 404 g/mol. The van der Waals surface area contributed by atoms with E-state index in [0.717, 1.165) is 10.5 Å². The first-order chi connectivity index (χ1) is 13.8. The SMILES string of the molecule is Cc1ccccc1NS(=O)(=O)c1ccc(NC(=O)[C@H](C)Sc2ccccc2)cc1. The van der Waals surface area contributed by atoms with Crippen LogP contribution in [0.4, 0.5) is 11.4 Å². The van der Waals surface area contributed by atoms with Crippen LogP contribution in [0.3, 0.4) is 0 Å². The number of hydrogen-bond donors (Lipinski definition) is 2. The molecule has 0 fully saturated rings. The van der Waals surface area contributed by atoms with Crippen LogP contribution in [0.2, 0.25) is 0 Å². The van der Waals surface area contributed by atoms with E-state index in [2.05, 4.69) is 10.0 Å². The molecule has 0 spiro atoms. The number of aryl methyl sites for hydroxylation is 1. The van der Waals surface area contributed by atoms with Crippen LogP contribution in [0.15, 0.2) is 88.7 Å². The highest BCUT2D eigenvalue weighted by atomic mass is 32.2. The lowest BCUT2D eigenvalue weighted by Gasteiger charge is -2.13. The number of carbonyl (C=O) groups is 1. The number of nitrogens with one attached hydrogen (secondary N) is 2. The maximum absolute atomic E-state index is 12.6. The van der Waals surface area contributed by atoms with Crippen molar-refractivity contribution in [3.05, 3.63) is 84.4 Å². The van der Waals surface area contributed by atoms with Crippen LogP contribution in [-0.4, -0.2) is 19.6 Å². The van der Waals surface area contributed by atoms with E-state index in [0.29, 0.717) is 11.4 Å². The molecule has 3 rings (SSSR count). The maximum atomic E-state index is 12.6. The summed E-state index contributed by atoms with van der Waals surface area (Å²) in [7, 11) is -3.70. The van der Waals surface area contributed by atoms with Crippen LogP contribution in [0, 0.1) is 6.92 Å². The van der Waals surface area contributed by atoms with Gasteiger partial charge in [-0.25, -0.2) is 8.42 Å². The number of carbonyl (C=O) groups excluding carboxylic acids is 1. The Morgan fingerprint density at radius 3 is 2.17 bits per heavy atom. The predicted octanol–water partition coefficient (Wildman–Crippen LogP) is 4.92. The molecule has 0 saturated heterocycles. The number of benzene rings is 3. The van der Waals surface area contributed by atoms with Crippen molar-refractivity contribution in [2.45, 2.75) is 28.9 Å². The van der Waals surface area contributed by atoms with Crippen LogP contribution in [0.5, 0.6) is 0 Å². The Morgan fingerprint density at radius 2 is 1.52 bits per heavy atom. The molecule has 7 heteroatoms. The van der Waals surface area contributed by atoms with Crippen molar-refractivity contribution in [1.82, 2.24) is 0 Å². The maximum Gasteiger partial charge on any atom is 0.261 e. The number of amides is 1. The van der Waals surface area contributed by atoms with Gasteiger partial charge in [-0.15, -0.1) is 11.8 Å². The monoisotopic (exact) mass is 426 g/mol. The van der Waals surface area contributed by atoms with Gasteiger partial charge in [-0.05, 0) is 61.9 Å². The van der Waals surface area contributed by atoms with Crippen molar-refractivity contribution >= 4 is 39.1 Å². The van der Waals surface area contributed by atoms with Gasteiger partial charge >= 0.3 is 0 Å². The fourth-order valence-electron chi connectivity index (χ4n) is 2.61. The van der Waals surface area contributed by atoms with E-state index in [1.54, 1.807) is 24.3 Å². The molecule has 0 saturated carbocycles. The number of para-hydroxylation sites is 1. The first-order valence-corrected chi connectivity index (χ1v) is 11.4. The highest BCUT2D eigenvalue weighted by Gasteiger charge is 2.17. The Morgan fingerprint density at radius 1 is 0.897 bits per heavy atom. The van der Waals surface area contributed by atoms with Gasteiger partial charge in [-0.2, -0.15) is 0 Å². The lowest BCUT2D eigenvalue weighted by molar-refractivity contribution is -0.115. The van der Waals surface area contributed by atoms with E-state index in [-0.39, 0.29) is 16.1 Å². The van der Waals surface area contributed by atoms with Crippen molar-refractivity contribution in [2.75, 3.05) is 10.0 Å². The summed E-state index contributed by atoms with van der Waals surface area (Å²) in [5, 5.41) is 2.54. The molecule has 0 bridgehead atoms. The largest absolute Gasteiger partial charge is 0.325 e. The third-order valence-electron chi connectivity index (χ3n) is 4.25. The predicted molar refractivity (Wildman–Crippen MR) is 119 cm³/mol. The molecule has 29 heavy (non-hydrogen) atoms. The summed E-state index contributed by atoms with van der Waals surface area (Å²) < 4.78 is 27.8. The van der Waals surface area contributed by atoms with Gasteiger partial charge in [0.05, 0.1) is 15.8 Å². The van der Waals surface area contributed by atoms with Crippen molar-refractivity contribution < 1.29 is 13.2 Å². The molecule has 0 radical (unpaired) electrons. The summed E-state index contributed by atoms with van der Waals surface area (Å²) in [5.74, 6) is -0.146. The number of hydrogen-bond acceptors (Lipinski definition) is 4. The summed E-state index contributed by atoms with van der Waals surface area (Å²) in [6, 6.07) is 23.0. The Bertz CT molecular complexity index is 1080. The second-order valence-corrected chi connectivity index (χ2v) is 9.60. The van der Waals surface area contributed by atoms with E-state index in [1.807, 2.05) is 56.3 Å². The Kier molecular flexibility index (Phi) is 6.61. The van der Waals surface area contributed by atoms with Crippen molar-refractivity contribution in [2.24, 2.45) is 0 Å². The van der Waals surface area contributed by atoms with Gasteiger partial charge in [0.25, 0.3) is 10.0 Å². The molecule has 150 valence electrons. The quantitative estimate of drug-likeness (QED) is 0.526. The zero-order chi connectivity index (χ0) is 20.9. The summed E-state index contributed by atoms with van der Waals surface area (Å²) in [5.41, 5.74) is 1.92. The standard InChI is InChI=1S/C22H22N2O3S2/c1-16-8-6-7-11-21(16)24-29(26,27)20-14-12-18(13-15-20)23-22(25)17(2)28-19-9-4-3-5-10-19/h3-15,17,24H,1-2H3,(H,23,25)/t17-/m0/s1. The molecule has 1 atom stereocenters. The fraction of sp³-hybridized carbons (Fsp3) is 0.136. The Labute approximate surface area is 175 Å². The molecule has 0 aliphatic heterocycles. The molecule has 5 nitrogen and oxygen atoms in total. The van der Waals surface area contributed by atoms with Crippen LogP contribution in [0.1, 0.15) is 12.5 Å². The van der Waals surface area contributed by atoms with E-state index < -0.39 is 10.0 Å². The average Bonchev–Trinajstić information content (AvgIpc) is 2.71. The molecule has 3 aromatic rings. The molecule has 2 N–H and O–H groups in total. The normalized spacial score (nSPS) is 12.2. The van der Waals surface area contributed by atoms with E-state index >= 15 is 0 Å². The first-order valence-electron chi connectivity index (χ1n) is 9.06. The smallest absolute Gasteiger partial charge is 0.261 e. The molecule has 0 heterocycles. The lowest BCUT2D eigenvalue weighted by atomic mass is 10.2. The Balaban J connectivity index is 1.65. The number of sulfonamides is 1. The number of anilines is 2. The molecule has 0 unspecified atom stereocenters. The van der Waals surface area contributed by atoms with Gasteiger partial charge in [-0.1, -0.05) is 36.4 Å². The highest BCUT2D eigenvalue weighted by molar-refractivity contribution is 8.00. The molecule has 0 aromatic heterocycles. The van der Waals surface area contributed by atoms with Crippen molar-refractivity contribution in [1.29, 1.82) is 0 Å². The van der Waals surface area contributed by atoms with Gasteiger partial charge in [0, 0.05) is 10.6 Å². The zero-order valence-electron chi connectivity index (χ0n) is 16.1. The molecule has 0 aliphatic carbocycles. The van der Waals surface area contributed by atoms with Crippen LogP contribution >= 0.6 is 11.8 Å². The van der Waals surface area contributed by atoms with E-state index in [1.165, 1.54) is 23.9 Å². The van der Waals surface area contributed by atoms with Crippen LogP contribution < -0.4 is 10.0 Å². The minimum absolute atomic E-state index is 0.130. The minimum atomic E-state index is -3.70. The third-order valence-corrected chi connectivity index (χ3v) is 6.74. The van der Waals surface area contributed by atoms with Crippen molar-refractivity contribution in [3.63, 3.8) is 0 Å². The Hall–Kier alpha value is -2.77. The molecular formula is C22H22N2O3S2. The van der Waals surface area contributed by atoms with Gasteiger partial charge in [0.15, 0.2) is 0 Å². The number of rotatable bonds is 7. The first kappa shape index (κ1) is 21.0. The average molecular weight is 427 g/mol. The van der Waals surface area contributed by atoms with Gasteiger partial charge < -0.3 is 5.32 Å². The molecule has 1 amide bonds. The van der Waals surface area contributed by atoms with E-state index in [4.69, 9.17) is 0 Å². The van der Waals surface area contributed by atoms with Gasteiger partial charge in [-0.3, -0.25) is 9.52 Å². The molecule has 3 aromatic carbocycles. The molecule has 0 aliphatic rings. The summed E-state index contributed by atoms with van der Waals surface area (Å²) >= 11 is 1.46. The van der Waals surface area contributed by atoms with Crippen LogP contribution in [-0.2, 0) is 14.8 Å². The number of thioether (sulfide) groups is 1. The summed E-state index contributed by atoms with van der Waals surface area (Å²) in [6.45, 7) is 3.67. The summed E-state index contributed by atoms with van der Waals surface area (Å²) in [6.07, 6.45) is 0. The van der Waals surface area contributed by atoms with Gasteiger partial charge in [0.2, 0.25) is 5.91 Å². The van der Waals surface area contributed by atoms with E-state index in [9.17, 15) is 13.2 Å². The minimum Gasteiger partial charge on any atom is -0.325 e. The topological polar surface area (TPSA) is 75.3 Å². The fourth-order valence-corrected chi connectivity index (χ4v) is 4.63. The van der Waals surface area contributed by atoms with Crippen LogP contribution in [0.25, 0.3) is 0 Å². The highest BCUT2D eigenvalue weighted by Crippen LogP contribution is 2.24. The second kappa shape index (κ2) is 9.15. The van der Waals surface area contributed by atoms with Crippen molar-refractivity contribution in [3.8, 4) is 0 Å². The summed E-state index contributed by atoms with van der Waals surface area (Å²) in [4.78, 5) is 13.6. The third kappa shape index (κ3) is 5.62. The second-order valence-electron chi connectivity index (χ2n) is 6.51.